The topological polar surface area (TPSA) is 95.5 Å². The molecule has 7 heteroatoms. The first-order valence-corrected chi connectivity index (χ1v) is 10.3. The number of aromatic amines is 1. The SMILES string of the molecule is CCCCN(C)C(=O)COc1cccc(-c2cc(-c3ccc(O)c(C)c3)[nH]c(=O)n2)c1. The van der Waals surface area contributed by atoms with E-state index in [-0.39, 0.29) is 18.3 Å². The van der Waals surface area contributed by atoms with Crippen molar-refractivity contribution in [3.8, 4) is 34.0 Å². The van der Waals surface area contributed by atoms with Gasteiger partial charge < -0.3 is 19.7 Å². The molecule has 0 bridgehead atoms. The van der Waals surface area contributed by atoms with E-state index < -0.39 is 5.69 Å². The first kappa shape index (κ1) is 22.1. The third-order valence-corrected chi connectivity index (χ3v) is 5.02. The van der Waals surface area contributed by atoms with Crippen LogP contribution in [0, 0.1) is 6.92 Å². The molecule has 0 radical (unpaired) electrons. The van der Waals surface area contributed by atoms with Gasteiger partial charge in [-0.2, -0.15) is 4.98 Å². The number of aryl methyl sites for hydroxylation is 1. The Hall–Kier alpha value is -3.61. The highest BCUT2D eigenvalue weighted by Gasteiger charge is 2.11. The van der Waals surface area contributed by atoms with E-state index in [0.717, 1.165) is 18.4 Å². The fraction of sp³-hybridized carbons (Fsp3) is 0.292. The minimum atomic E-state index is -0.475. The van der Waals surface area contributed by atoms with Crippen LogP contribution in [0.3, 0.4) is 0 Å². The Bertz CT molecular complexity index is 1120. The average molecular weight is 421 g/mol. The van der Waals surface area contributed by atoms with Crippen molar-refractivity contribution in [3.63, 3.8) is 0 Å². The molecule has 1 amide bonds. The van der Waals surface area contributed by atoms with E-state index in [2.05, 4.69) is 16.9 Å². The van der Waals surface area contributed by atoms with Gasteiger partial charge in [0.05, 0.1) is 11.4 Å². The minimum Gasteiger partial charge on any atom is -0.508 e. The number of likely N-dealkylation sites (N-methyl/N-ethyl adjacent to an activating group) is 1. The molecule has 2 N–H and O–H groups in total. The van der Waals surface area contributed by atoms with Gasteiger partial charge in [0.15, 0.2) is 6.61 Å². The number of aromatic nitrogens is 2. The van der Waals surface area contributed by atoms with E-state index in [9.17, 15) is 14.7 Å². The van der Waals surface area contributed by atoms with Crippen molar-refractivity contribution in [2.45, 2.75) is 26.7 Å². The van der Waals surface area contributed by atoms with Gasteiger partial charge in [-0.15, -0.1) is 0 Å². The van der Waals surface area contributed by atoms with Gasteiger partial charge >= 0.3 is 5.69 Å². The molecular formula is C24H27N3O4. The molecule has 0 saturated carbocycles. The summed E-state index contributed by atoms with van der Waals surface area (Å²) in [5.74, 6) is 0.636. The molecule has 3 aromatic rings. The lowest BCUT2D eigenvalue weighted by molar-refractivity contribution is -0.132. The number of nitrogens with one attached hydrogen (secondary N) is 1. The van der Waals surface area contributed by atoms with Crippen LogP contribution in [0.1, 0.15) is 25.3 Å². The van der Waals surface area contributed by atoms with Gasteiger partial charge in [0.25, 0.3) is 5.91 Å². The Morgan fingerprint density at radius 2 is 1.97 bits per heavy atom. The number of amides is 1. The number of H-pyrrole nitrogens is 1. The summed E-state index contributed by atoms with van der Waals surface area (Å²) < 4.78 is 5.67. The van der Waals surface area contributed by atoms with Crippen LogP contribution in [0.2, 0.25) is 0 Å². The number of unbranched alkanes of at least 4 members (excludes halogenated alkanes) is 1. The highest BCUT2D eigenvalue weighted by atomic mass is 16.5. The van der Waals surface area contributed by atoms with Crippen molar-refractivity contribution in [2.24, 2.45) is 0 Å². The van der Waals surface area contributed by atoms with Gasteiger partial charge in [0.2, 0.25) is 0 Å². The van der Waals surface area contributed by atoms with Gasteiger partial charge in [0, 0.05) is 19.2 Å². The van der Waals surface area contributed by atoms with Crippen LogP contribution in [0.15, 0.2) is 53.3 Å². The average Bonchev–Trinajstić information content (AvgIpc) is 2.77. The van der Waals surface area contributed by atoms with Crippen LogP contribution in [-0.4, -0.2) is 46.1 Å². The Morgan fingerprint density at radius 1 is 1.16 bits per heavy atom. The first-order chi connectivity index (χ1) is 14.9. The van der Waals surface area contributed by atoms with Crippen LogP contribution in [0.4, 0.5) is 0 Å². The lowest BCUT2D eigenvalue weighted by atomic mass is 10.1. The summed E-state index contributed by atoms with van der Waals surface area (Å²) in [4.78, 5) is 32.8. The van der Waals surface area contributed by atoms with Crippen LogP contribution in [0.5, 0.6) is 11.5 Å². The van der Waals surface area contributed by atoms with Crippen molar-refractivity contribution in [1.82, 2.24) is 14.9 Å². The molecule has 162 valence electrons. The maximum absolute atomic E-state index is 12.2. The summed E-state index contributed by atoms with van der Waals surface area (Å²) >= 11 is 0. The third kappa shape index (κ3) is 5.72. The number of benzene rings is 2. The maximum Gasteiger partial charge on any atom is 0.345 e. The van der Waals surface area contributed by atoms with Crippen molar-refractivity contribution in [3.05, 3.63) is 64.6 Å². The second-order valence-electron chi connectivity index (χ2n) is 7.47. The molecule has 0 saturated heterocycles. The van der Waals surface area contributed by atoms with Crippen LogP contribution >= 0.6 is 0 Å². The quantitative estimate of drug-likeness (QED) is 0.577. The van der Waals surface area contributed by atoms with Crippen LogP contribution in [-0.2, 0) is 4.79 Å². The summed E-state index contributed by atoms with van der Waals surface area (Å²) in [5, 5.41) is 9.75. The molecule has 0 fully saturated rings. The lowest BCUT2D eigenvalue weighted by Gasteiger charge is -2.17. The molecule has 0 spiro atoms. The van der Waals surface area contributed by atoms with E-state index in [0.29, 0.717) is 34.8 Å². The van der Waals surface area contributed by atoms with Crippen LogP contribution < -0.4 is 10.4 Å². The smallest absolute Gasteiger partial charge is 0.345 e. The number of carbonyl (C=O) groups excluding carboxylic acids is 1. The zero-order valence-corrected chi connectivity index (χ0v) is 18.0. The van der Waals surface area contributed by atoms with Crippen molar-refractivity contribution in [1.29, 1.82) is 0 Å². The van der Waals surface area contributed by atoms with Crippen molar-refractivity contribution in [2.75, 3.05) is 20.2 Å². The van der Waals surface area contributed by atoms with Crippen molar-refractivity contribution < 1.29 is 14.6 Å². The second kappa shape index (κ2) is 9.93. The summed E-state index contributed by atoms with van der Waals surface area (Å²) in [7, 11) is 1.77. The highest BCUT2D eigenvalue weighted by molar-refractivity contribution is 5.77. The van der Waals surface area contributed by atoms with E-state index >= 15 is 0 Å². The van der Waals surface area contributed by atoms with E-state index in [1.807, 2.05) is 6.07 Å². The maximum atomic E-state index is 12.2. The summed E-state index contributed by atoms with van der Waals surface area (Å²) in [5.41, 5.74) is 2.78. The number of rotatable bonds is 8. The highest BCUT2D eigenvalue weighted by Crippen LogP contribution is 2.27. The predicted octanol–water partition coefficient (Wildman–Crippen LogP) is 3.76. The molecule has 1 aromatic heterocycles. The minimum absolute atomic E-state index is 0.0511. The molecular weight excluding hydrogens is 394 g/mol. The normalized spacial score (nSPS) is 10.7. The van der Waals surface area contributed by atoms with Gasteiger partial charge in [-0.1, -0.05) is 25.5 Å². The molecule has 2 aromatic carbocycles. The second-order valence-corrected chi connectivity index (χ2v) is 7.47. The summed E-state index contributed by atoms with van der Waals surface area (Å²) in [6, 6.07) is 14.0. The number of phenolic OH excluding ortho intramolecular Hbond substituents is 1. The Morgan fingerprint density at radius 3 is 2.71 bits per heavy atom. The van der Waals surface area contributed by atoms with E-state index in [4.69, 9.17) is 4.74 Å². The molecule has 0 aliphatic heterocycles. The predicted molar refractivity (Wildman–Crippen MR) is 120 cm³/mol. The van der Waals surface area contributed by atoms with Gasteiger partial charge in [-0.25, -0.2) is 4.79 Å². The number of nitrogens with zero attached hydrogens (tertiary/aromatic N) is 2. The number of hydrogen-bond donors (Lipinski definition) is 2. The molecule has 1 heterocycles. The van der Waals surface area contributed by atoms with E-state index in [1.54, 1.807) is 61.3 Å². The fourth-order valence-electron chi connectivity index (χ4n) is 3.10. The molecule has 0 aliphatic rings. The molecule has 0 aliphatic carbocycles. The van der Waals surface area contributed by atoms with Gasteiger partial charge in [-0.05, 0) is 60.9 Å². The molecule has 0 atom stereocenters. The lowest BCUT2D eigenvalue weighted by Crippen LogP contribution is -2.32. The fourth-order valence-corrected chi connectivity index (χ4v) is 3.10. The Balaban J connectivity index is 1.80. The number of hydrogen-bond acceptors (Lipinski definition) is 5. The van der Waals surface area contributed by atoms with Gasteiger partial charge in [-0.3, -0.25) is 4.79 Å². The van der Waals surface area contributed by atoms with Gasteiger partial charge in [0.1, 0.15) is 11.5 Å². The zero-order chi connectivity index (χ0) is 22.4. The zero-order valence-electron chi connectivity index (χ0n) is 18.0. The summed E-state index contributed by atoms with van der Waals surface area (Å²) in [6.07, 6.45) is 1.98. The molecule has 31 heavy (non-hydrogen) atoms. The number of ether oxygens (including phenoxy) is 1. The third-order valence-electron chi connectivity index (χ3n) is 5.02. The molecule has 3 rings (SSSR count). The summed E-state index contributed by atoms with van der Waals surface area (Å²) in [6.45, 7) is 4.53. The largest absolute Gasteiger partial charge is 0.508 e. The van der Waals surface area contributed by atoms with E-state index in [1.165, 1.54) is 0 Å². The van der Waals surface area contributed by atoms with Crippen LogP contribution in [0.25, 0.3) is 22.5 Å². The first-order valence-electron chi connectivity index (χ1n) is 10.3. The van der Waals surface area contributed by atoms with Crippen molar-refractivity contribution >= 4 is 5.91 Å². The Labute approximate surface area is 181 Å². The number of carbonyl (C=O) groups is 1. The monoisotopic (exact) mass is 421 g/mol. The Kier molecular flexibility index (Phi) is 7.07. The molecule has 7 nitrogen and oxygen atoms in total. The number of aromatic hydroxyl groups is 1. The molecule has 0 unspecified atom stereocenters. The number of phenols is 1. The standard InChI is InChI=1S/C24H27N3O4/c1-4-5-11-27(3)23(29)15-31-19-8-6-7-17(13-19)20-14-21(26-24(30)25-20)18-9-10-22(28)16(2)12-18/h6-10,12-14,28H,4-5,11,15H2,1-3H3,(H,25,26,30).